The number of alkyl halides is 6. The summed E-state index contributed by atoms with van der Waals surface area (Å²) in [5.74, 6) is 0. The third-order valence-corrected chi connectivity index (χ3v) is 5.68. The number of nitrogens with zero attached hydrogens (tertiary/aromatic N) is 6. The summed E-state index contributed by atoms with van der Waals surface area (Å²) in [6.07, 6.45) is -2.32. The molecule has 12 heteroatoms. The fraction of sp³-hybridized carbons (Fsp3) is 0.167. The topological polar surface area (TPSA) is 43.4 Å². The van der Waals surface area contributed by atoms with Crippen LogP contribution in [-0.2, 0) is 26.4 Å². The van der Waals surface area contributed by atoms with Crippen molar-refractivity contribution in [1.29, 1.82) is 0 Å². The van der Waals surface area contributed by atoms with Crippen molar-refractivity contribution in [2.24, 2.45) is 24.1 Å². The highest BCUT2D eigenvalue weighted by molar-refractivity contribution is 5.67. The second kappa shape index (κ2) is 8.18. The second-order valence-electron chi connectivity index (χ2n) is 8.17. The molecule has 0 aliphatic heterocycles. The van der Waals surface area contributed by atoms with Crippen molar-refractivity contribution in [2.45, 2.75) is 12.4 Å². The SMILES string of the molecule is Cn1ccn2c(=Nc3cccc(C(F)(F)F)c3)c(=Nc3cccc(C(F)(F)F)c3)n3ccn(C)c3c12. The number of rotatable bonds is 2. The summed E-state index contributed by atoms with van der Waals surface area (Å²) in [7, 11) is 3.58. The van der Waals surface area contributed by atoms with Gasteiger partial charge >= 0.3 is 12.4 Å². The molecular weight excluding hydrogens is 486 g/mol. The van der Waals surface area contributed by atoms with Crippen molar-refractivity contribution in [3.8, 4) is 0 Å². The van der Waals surface area contributed by atoms with Crippen LogP contribution in [-0.4, -0.2) is 17.9 Å². The van der Waals surface area contributed by atoms with Gasteiger partial charge in [-0.2, -0.15) is 26.3 Å². The maximum absolute atomic E-state index is 13.3. The zero-order valence-corrected chi connectivity index (χ0v) is 18.9. The van der Waals surface area contributed by atoms with Gasteiger partial charge in [0.1, 0.15) is 0 Å². The van der Waals surface area contributed by atoms with Crippen LogP contribution in [0.2, 0.25) is 0 Å². The van der Waals surface area contributed by atoms with E-state index in [0.717, 1.165) is 24.3 Å². The zero-order valence-electron chi connectivity index (χ0n) is 18.9. The summed E-state index contributed by atoms with van der Waals surface area (Å²) in [5.41, 5.74) is -0.132. The fourth-order valence-corrected chi connectivity index (χ4v) is 4.00. The predicted octanol–water partition coefficient (Wildman–Crippen LogP) is 5.37. The Balaban J connectivity index is 1.92. The zero-order chi connectivity index (χ0) is 25.8. The van der Waals surface area contributed by atoms with Crippen molar-refractivity contribution in [3.05, 3.63) is 95.4 Å². The van der Waals surface area contributed by atoms with Gasteiger partial charge in [0.15, 0.2) is 22.3 Å². The number of aromatic nitrogens is 4. The van der Waals surface area contributed by atoms with Gasteiger partial charge in [0.2, 0.25) is 0 Å². The Kier molecular flexibility index (Phi) is 5.34. The number of fused-ring (bicyclic) bond motifs is 3. The van der Waals surface area contributed by atoms with E-state index in [-0.39, 0.29) is 22.4 Å². The van der Waals surface area contributed by atoms with Crippen molar-refractivity contribution in [2.75, 3.05) is 0 Å². The quantitative estimate of drug-likeness (QED) is 0.290. The highest BCUT2D eigenvalue weighted by Crippen LogP contribution is 2.32. The van der Waals surface area contributed by atoms with E-state index in [1.54, 1.807) is 56.8 Å². The average molecular weight is 504 g/mol. The molecule has 0 atom stereocenters. The number of aryl methyl sites for hydroxylation is 2. The van der Waals surface area contributed by atoms with E-state index in [1.807, 2.05) is 0 Å². The van der Waals surface area contributed by atoms with Crippen LogP contribution in [0.4, 0.5) is 37.7 Å². The van der Waals surface area contributed by atoms with Crippen molar-refractivity contribution >= 4 is 22.7 Å². The van der Waals surface area contributed by atoms with E-state index in [4.69, 9.17) is 0 Å². The van der Waals surface area contributed by atoms with E-state index in [0.29, 0.717) is 11.3 Å². The third-order valence-electron chi connectivity index (χ3n) is 5.68. The minimum absolute atomic E-state index is 0.0128. The number of halogens is 6. The Hall–Kier alpha value is -4.22. The second-order valence-corrected chi connectivity index (χ2v) is 8.17. The number of hydrogen-bond acceptors (Lipinski definition) is 2. The first kappa shape index (κ1) is 23.5. The molecular formula is C24H18F6N6. The molecule has 5 rings (SSSR count). The van der Waals surface area contributed by atoms with Crippen LogP contribution in [0, 0.1) is 0 Å². The molecule has 0 saturated carbocycles. The lowest BCUT2D eigenvalue weighted by atomic mass is 10.2. The van der Waals surface area contributed by atoms with Gasteiger partial charge in [-0.3, -0.25) is 8.80 Å². The Morgan fingerprint density at radius 2 is 0.972 bits per heavy atom. The average Bonchev–Trinajstić information content (AvgIpc) is 3.38. The molecule has 36 heavy (non-hydrogen) atoms. The monoisotopic (exact) mass is 504 g/mol. The van der Waals surface area contributed by atoms with Crippen LogP contribution < -0.4 is 11.0 Å². The van der Waals surface area contributed by atoms with Crippen LogP contribution >= 0.6 is 0 Å². The molecule has 0 N–H and O–H groups in total. The predicted molar refractivity (Wildman–Crippen MR) is 120 cm³/mol. The van der Waals surface area contributed by atoms with Gasteiger partial charge in [0.05, 0.1) is 22.5 Å². The number of hydrogen-bond donors (Lipinski definition) is 0. The van der Waals surface area contributed by atoms with Crippen LogP contribution in [0.5, 0.6) is 0 Å². The van der Waals surface area contributed by atoms with Crippen LogP contribution in [0.25, 0.3) is 11.3 Å². The largest absolute Gasteiger partial charge is 0.416 e. The molecule has 186 valence electrons. The molecule has 6 nitrogen and oxygen atoms in total. The smallest absolute Gasteiger partial charge is 0.333 e. The first-order valence-corrected chi connectivity index (χ1v) is 10.6. The lowest BCUT2D eigenvalue weighted by Gasteiger charge is -2.09. The molecule has 2 aromatic carbocycles. The molecule has 0 amide bonds. The van der Waals surface area contributed by atoms with E-state index >= 15 is 0 Å². The van der Waals surface area contributed by atoms with Crippen LogP contribution in [0.15, 0.2) is 83.3 Å². The van der Waals surface area contributed by atoms with E-state index < -0.39 is 23.5 Å². The number of imidazole rings is 2. The Bertz CT molecular complexity index is 1610. The molecule has 0 saturated heterocycles. The molecule has 0 fully saturated rings. The number of benzene rings is 2. The molecule has 3 heterocycles. The maximum Gasteiger partial charge on any atom is 0.416 e. The minimum atomic E-state index is -4.57. The Labute approximate surface area is 199 Å². The molecule has 0 bridgehead atoms. The van der Waals surface area contributed by atoms with Gasteiger partial charge in [-0.05, 0) is 36.4 Å². The van der Waals surface area contributed by atoms with Gasteiger partial charge in [-0.1, -0.05) is 12.1 Å². The van der Waals surface area contributed by atoms with Gasteiger partial charge in [-0.25, -0.2) is 9.98 Å². The normalized spacial score (nSPS) is 13.9. The fourth-order valence-electron chi connectivity index (χ4n) is 4.00. The van der Waals surface area contributed by atoms with E-state index in [1.165, 1.54) is 24.3 Å². The van der Waals surface area contributed by atoms with E-state index in [2.05, 4.69) is 9.98 Å². The lowest BCUT2D eigenvalue weighted by Crippen LogP contribution is -2.37. The first-order chi connectivity index (χ1) is 16.9. The maximum atomic E-state index is 13.3. The molecule has 0 radical (unpaired) electrons. The Morgan fingerprint density at radius 1 is 0.583 bits per heavy atom. The van der Waals surface area contributed by atoms with Gasteiger partial charge in [0.25, 0.3) is 0 Å². The highest BCUT2D eigenvalue weighted by atomic mass is 19.4. The highest BCUT2D eigenvalue weighted by Gasteiger charge is 2.31. The van der Waals surface area contributed by atoms with Crippen molar-refractivity contribution < 1.29 is 26.3 Å². The summed E-state index contributed by atoms with van der Waals surface area (Å²) in [6.45, 7) is 0. The molecule has 0 aliphatic carbocycles. The molecule has 5 aromatic rings. The summed E-state index contributed by atoms with van der Waals surface area (Å²) in [6, 6.07) is 9.00. The van der Waals surface area contributed by atoms with Crippen molar-refractivity contribution in [3.63, 3.8) is 0 Å². The van der Waals surface area contributed by atoms with E-state index in [9.17, 15) is 26.3 Å². The summed E-state index contributed by atoms with van der Waals surface area (Å²) in [4.78, 5) is 8.97. The standard InChI is InChI=1S/C24H18F6N6/c1-33-9-11-35-19(31-17-7-3-5-15(13-17)23(25,26)27)20(36-12-10-34(2)22(36)21(33)35)32-18-8-4-6-16(14-18)24(28,29)30/h3-14H,1-2H3. The Morgan fingerprint density at radius 3 is 1.33 bits per heavy atom. The molecule has 0 aliphatic rings. The molecule has 0 unspecified atom stereocenters. The molecule has 0 spiro atoms. The van der Waals surface area contributed by atoms with Gasteiger partial charge in [-0.15, -0.1) is 0 Å². The van der Waals surface area contributed by atoms with Gasteiger partial charge < -0.3 is 9.13 Å². The minimum Gasteiger partial charge on any atom is -0.333 e. The van der Waals surface area contributed by atoms with Gasteiger partial charge in [0, 0.05) is 38.9 Å². The third kappa shape index (κ3) is 4.08. The summed E-state index contributed by atoms with van der Waals surface area (Å²) in [5, 5.41) is 0. The van der Waals surface area contributed by atoms with Crippen LogP contribution in [0.1, 0.15) is 11.1 Å². The summed E-state index contributed by atoms with van der Waals surface area (Å²) < 4.78 is 86.7. The first-order valence-electron chi connectivity index (χ1n) is 10.6. The van der Waals surface area contributed by atoms with Crippen LogP contribution in [0.3, 0.4) is 0 Å². The molecule has 3 aromatic heterocycles. The lowest BCUT2D eigenvalue weighted by molar-refractivity contribution is -0.138. The summed E-state index contributed by atoms with van der Waals surface area (Å²) >= 11 is 0. The van der Waals surface area contributed by atoms with Crippen molar-refractivity contribution in [1.82, 2.24) is 17.9 Å².